The molecule has 20 heavy (non-hydrogen) atoms. The Morgan fingerprint density at radius 2 is 1.85 bits per heavy atom. The van der Waals surface area contributed by atoms with Crippen molar-refractivity contribution in [1.82, 2.24) is 10.2 Å². The van der Waals surface area contributed by atoms with Gasteiger partial charge >= 0.3 is 0 Å². The van der Waals surface area contributed by atoms with Crippen molar-refractivity contribution >= 4 is 26.7 Å². The lowest BCUT2D eigenvalue weighted by Crippen LogP contribution is -1.95. The zero-order chi connectivity index (χ0) is 13.9. The molecule has 4 nitrogen and oxygen atoms in total. The van der Waals surface area contributed by atoms with Gasteiger partial charge in [-0.05, 0) is 38.8 Å². The van der Waals surface area contributed by atoms with E-state index < -0.39 is 0 Å². The van der Waals surface area contributed by atoms with E-state index in [0.717, 1.165) is 15.2 Å². The van der Waals surface area contributed by atoms with E-state index in [1.165, 1.54) is 0 Å². The van der Waals surface area contributed by atoms with Crippen LogP contribution in [0.1, 0.15) is 5.69 Å². The van der Waals surface area contributed by atoms with Gasteiger partial charge in [0.1, 0.15) is 5.75 Å². The van der Waals surface area contributed by atoms with Crippen LogP contribution < -0.4 is 4.74 Å². The van der Waals surface area contributed by atoms with Crippen LogP contribution in [0.15, 0.2) is 53.0 Å². The van der Waals surface area contributed by atoms with E-state index in [1.54, 1.807) is 12.1 Å². The van der Waals surface area contributed by atoms with Gasteiger partial charge in [0, 0.05) is 6.07 Å². The Hall–Kier alpha value is -1.98. The van der Waals surface area contributed by atoms with Crippen LogP contribution in [0.5, 0.6) is 11.6 Å². The zero-order valence-electron chi connectivity index (χ0n) is 10.5. The number of hydrogen-bond acceptors (Lipinski definition) is 4. The maximum absolute atomic E-state index is 8.93. The van der Waals surface area contributed by atoms with Crippen molar-refractivity contribution in [3.05, 3.63) is 58.7 Å². The molecule has 3 aromatic rings. The molecule has 0 atom stereocenters. The van der Waals surface area contributed by atoms with E-state index in [4.69, 9.17) is 9.84 Å². The second-order valence-corrected chi connectivity index (χ2v) is 5.01. The van der Waals surface area contributed by atoms with Crippen molar-refractivity contribution in [3.8, 4) is 11.6 Å². The predicted molar refractivity (Wildman–Crippen MR) is 79.7 cm³/mol. The van der Waals surface area contributed by atoms with E-state index in [1.807, 2.05) is 36.4 Å². The zero-order valence-corrected chi connectivity index (χ0v) is 12.0. The molecular weight excluding hydrogens is 320 g/mol. The van der Waals surface area contributed by atoms with Crippen LogP contribution in [0.4, 0.5) is 0 Å². The van der Waals surface area contributed by atoms with Gasteiger partial charge in [0.2, 0.25) is 5.88 Å². The summed E-state index contributed by atoms with van der Waals surface area (Å²) in [4.78, 5) is 0. The third-order valence-electron chi connectivity index (χ3n) is 2.90. The molecule has 0 saturated carbocycles. The molecule has 1 heterocycles. The fourth-order valence-electron chi connectivity index (χ4n) is 1.89. The lowest BCUT2D eigenvalue weighted by atomic mass is 10.1. The number of hydrogen-bond donors (Lipinski definition) is 1. The smallest absolute Gasteiger partial charge is 0.238 e. The summed E-state index contributed by atoms with van der Waals surface area (Å²) in [5.41, 5.74) is 0.509. The minimum Gasteiger partial charge on any atom is -0.436 e. The lowest BCUT2D eigenvalue weighted by Gasteiger charge is -2.09. The van der Waals surface area contributed by atoms with E-state index in [-0.39, 0.29) is 6.61 Å². The fraction of sp³-hybridized carbons (Fsp3) is 0.0667. The lowest BCUT2D eigenvalue weighted by molar-refractivity contribution is 0.274. The summed E-state index contributed by atoms with van der Waals surface area (Å²) in [5, 5.41) is 18.9. The number of rotatable bonds is 3. The molecule has 0 fully saturated rings. The van der Waals surface area contributed by atoms with Crippen LogP contribution in [-0.2, 0) is 6.61 Å². The van der Waals surface area contributed by atoms with Crippen LogP contribution in [0, 0.1) is 0 Å². The summed E-state index contributed by atoms with van der Waals surface area (Å²) in [6, 6.07) is 15.3. The Labute approximate surface area is 124 Å². The van der Waals surface area contributed by atoms with Crippen molar-refractivity contribution < 1.29 is 9.84 Å². The van der Waals surface area contributed by atoms with Crippen LogP contribution in [-0.4, -0.2) is 15.3 Å². The van der Waals surface area contributed by atoms with Gasteiger partial charge in [0.15, 0.2) is 0 Å². The minimum absolute atomic E-state index is 0.132. The molecule has 0 bridgehead atoms. The first-order chi connectivity index (χ1) is 9.78. The first kappa shape index (κ1) is 13.0. The van der Waals surface area contributed by atoms with Gasteiger partial charge in [-0.15, -0.1) is 10.2 Å². The van der Waals surface area contributed by atoms with Gasteiger partial charge in [-0.25, -0.2) is 0 Å². The highest BCUT2D eigenvalue weighted by Crippen LogP contribution is 2.35. The third-order valence-corrected chi connectivity index (χ3v) is 3.72. The van der Waals surface area contributed by atoms with Crippen LogP contribution in [0.3, 0.4) is 0 Å². The monoisotopic (exact) mass is 330 g/mol. The number of aliphatic hydroxyl groups is 1. The van der Waals surface area contributed by atoms with Crippen molar-refractivity contribution in [1.29, 1.82) is 0 Å². The molecule has 1 N–H and O–H groups in total. The highest BCUT2D eigenvalue weighted by molar-refractivity contribution is 9.10. The average molecular weight is 331 g/mol. The van der Waals surface area contributed by atoms with E-state index in [0.29, 0.717) is 17.3 Å². The van der Waals surface area contributed by atoms with Crippen molar-refractivity contribution in [2.45, 2.75) is 6.61 Å². The number of halogens is 1. The first-order valence-corrected chi connectivity index (χ1v) is 6.86. The largest absolute Gasteiger partial charge is 0.436 e. The minimum atomic E-state index is -0.132. The molecule has 3 rings (SSSR count). The Morgan fingerprint density at radius 3 is 2.60 bits per heavy atom. The highest BCUT2D eigenvalue weighted by atomic mass is 79.9. The fourth-order valence-corrected chi connectivity index (χ4v) is 2.47. The molecule has 0 amide bonds. The topological polar surface area (TPSA) is 55.2 Å². The number of ether oxygens (including phenoxy) is 1. The quantitative estimate of drug-likeness (QED) is 0.795. The average Bonchev–Trinajstić information content (AvgIpc) is 2.51. The van der Waals surface area contributed by atoms with Crippen molar-refractivity contribution in [2.24, 2.45) is 0 Å². The summed E-state index contributed by atoms with van der Waals surface area (Å²) in [6.07, 6.45) is 0. The predicted octanol–water partition coefficient (Wildman–Crippen LogP) is 3.68. The summed E-state index contributed by atoms with van der Waals surface area (Å²) >= 11 is 3.55. The van der Waals surface area contributed by atoms with Gasteiger partial charge in [0.25, 0.3) is 0 Å². The summed E-state index contributed by atoms with van der Waals surface area (Å²) < 4.78 is 6.59. The van der Waals surface area contributed by atoms with Crippen molar-refractivity contribution in [3.63, 3.8) is 0 Å². The normalized spacial score (nSPS) is 10.7. The standard InChI is InChI=1S/C15H11BrN2O2/c16-15-12-4-2-1-3-10(12)5-7-13(15)20-14-8-6-11(9-19)17-18-14/h1-8,19H,9H2. The van der Waals surface area contributed by atoms with Gasteiger partial charge in [-0.1, -0.05) is 30.3 Å². The number of aromatic nitrogens is 2. The van der Waals surface area contributed by atoms with E-state index in [9.17, 15) is 0 Å². The molecule has 0 saturated heterocycles. The second kappa shape index (κ2) is 5.56. The van der Waals surface area contributed by atoms with Gasteiger partial charge in [-0.3, -0.25) is 0 Å². The molecule has 0 radical (unpaired) electrons. The molecule has 2 aromatic carbocycles. The maximum Gasteiger partial charge on any atom is 0.238 e. The molecule has 0 spiro atoms. The molecule has 100 valence electrons. The van der Waals surface area contributed by atoms with E-state index in [2.05, 4.69) is 26.1 Å². The van der Waals surface area contributed by atoms with Crippen LogP contribution in [0.25, 0.3) is 10.8 Å². The molecule has 1 aromatic heterocycles. The summed E-state index contributed by atoms with van der Waals surface area (Å²) in [6.45, 7) is -0.132. The Kier molecular flexibility index (Phi) is 3.62. The number of aliphatic hydroxyl groups excluding tert-OH is 1. The van der Waals surface area contributed by atoms with Gasteiger partial charge in [0.05, 0.1) is 16.8 Å². The Bertz CT molecular complexity index is 744. The Morgan fingerprint density at radius 1 is 1.00 bits per heavy atom. The maximum atomic E-state index is 8.93. The number of nitrogens with zero attached hydrogens (tertiary/aromatic N) is 2. The Balaban J connectivity index is 1.95. The SMILES string of the molecule is OCc1ccc(Oc2ccc3ccccc3c2Br)nn1. The van der Waals surface area contributed by atoms with E-state index >= 15 is 0 Å². The second-order valence-electron chi connectivity index (χ2n) is 4.22. The van der Waals surface area contributed by atoms with Gasteiger partial charge in [-0.2, -0.15) is 0 Å². The van der Waals surface area contributed by atoms with Crippen LogP contribution >= 0.6 is 15.9 Å². The van der Waals surface area contributed by atoms with Gasteiger partial charge < -0.3 is 9.84 Å². The number of benzene rings is 2. The summed E-state index contributed by atoms with van der Waals surface area (Å²) in [5.74, 6) is 1.06. The molecule has 0 unspecified atom stereocenters. The molecule has 0 aliphatic rings. The molecule has 0 aliphatic heterocycles. The molecule has 0 aliphatic carbocycles. The molecular formula is C15H11BrN2O2. The highest BCUT2D eigenvalue weighted by Gasteiger charge is 2.08. The van der Waals surface area contributed by atoms with Crippen molar-refractivity contribution in [2.75, 3.05) is 0 Å². The first-order valence-electron chi connectivity index (χ1n) is 6.06. The van der Waals surface area contributed by atoms with Crippen LogP contribution in [0.2, 0.25) is 0 Å². The molecule has 5 heteroatoms. The third kappa shape index (κ3) is 2.50. The summed E-state index contributed by atoms with van der Waals surface area (Å²) in [7, 11) is 0. The number of fused-ring (bicyclic) bond motifs is 1.